The Hall–Kier alpha value is -2.14. The summed E-state index contributed by atoms with van der Waals surface area (Å²) in [6, 6.07) is 8.69. The Bertz CT molecular complexity index is 696. The molecule has 0 spiro atoms. The van der Waals surface area contributed by atoms with Crippen molar-refractivity contribution in [3.05, 3.63) is 54.1 Å². The predicted octanol–water partition coefficient (Wildman–Crippen LogP) is 3.04. The molecule has 132 valence electrons. The van der Waals surface area contributed by atoms with Crippen LogP contribution in [0.3, 0.4) is 0 Å². The van der Waals surface area contributed by atoms with Gasteiger partial charge in [-0.3, -0.25) is 4.79 Å². The lowest BCUT2D eigenvalue weighted by atomic mass is 9.88. The second-order valence-corrected chi connectivity index (χ2v) is 7.21. The van der Waals surface area contributed by atoms with Crippen LogP contribution in [0.1, 0.15) is 48.8 Å². The van der Waals surface area contributed by atoms with E-state index in [1.54, 1.807) is 0 Å². The highest BCUT2D eigenvalue weighted by Crippen LogP contribution is 2.34. The maximum Gasteiger partial charge on any atom is 0.220 e. The van der Waals surface area contributed by atoms with Crippen molar-refractivity contribution in [3.8, 4) is 0 Å². The first-order valence-electron chi connectivity index (χ1n) is 9.22. The fraction of sp³-hybridized carbons (Fsp3) is 0.500. The number of amides is 1. The zero-order chi connectivity index (χ0) is 17.1. The van der Waals surface area contributed by atoms with E-state index in [2.05, 4.69) is 39.1 Å². The lowest BCUT2D eigenvalue weighted by Crippen LogP contribution is -2.21. The molecule has 2 aliphatic heterocycles. The van der Waals surface area contributed by atoms with Crippen molar-refractivity contribution in [1.29, 1.82) is 0 Å². The molecule has 0 bridgehead atoms. The fourth-order valence-corrected chi connectivity index (χ4v) is 3.93. The van der Waals surface area contributed by atoms with Crippen LogP contribution in [-0.2, 0) is 16.1 Å². The summed E-state index contributed by atoms with van der Waals surface area (Å²) in [4.78, 5) is 15.5. The second-order valence-electron chi connectivity index (χ2n) is 7.21. The van der Waals surface area contributed by atoms with E-state index in [0.717, 1.165) is 32.5 Å². The highest BCUT2D eigenvalue weighted by molar-refractivity contribution is 5.79. The fourth-order valence-electron chi connectivity index (χ4n) is 3.93. The molecule has 1 aromatic heterocycles. The van der Waals surface area contributed by atoms with Crippen LogP contribution in [-0.4, -0.2) is 28.6 Å². The molecule has 0 aliphatic carbocycles. The molecule has 3 atom stereocenters. The molecule has 2 saturated heterocycles. The lowest BCUT2D eigenvalue weighted by Gasteiger charge is -2.30. The van der Waals surface area contributed by atoms with Crippen LogP contribution in [0.25, 0.3) is 0 Å². The normalized spacial score (nSPS) is 26.6. The Morgan fingerprint density at radius 1 is 1.24 bits per heavy atom. The number of nitrogens with one attached hydrogen (secondary N) is 1. The molecule has 1 N–H and O–H groups in total. The standard InChI is InChI=1S/C20H25N3O2/c24-20-12-18(13-22-20)16-1-3-17(4-2-16)19-11-15(6-10-25-19)5-8-23-9-7-21-14-23/h1-4,7,9,14-15,18-19H,5-6,8,10-13H2,(H,22,24). The Morgan fingerprint density at radius 3 is 2.80 bits per heavy atom. The van der Waals surface area contributed by atoms with Gasteiger partial charge in [0.15, 0.2) is 0 Å². The summed E-state index contributed by atoms with van der Waals surface area (Å²) in [5.41, 5.74) is 2.50. The first-order valence-corrected chi connectivity index (χ1v) is 9.22. The number of hydrogen-bond acceptors (Lipinski definition) is 3. The van der Waals surface area contributed by atoms with Gasteiger partial charge in [-0.1, -0.05) is 24.3 Å². The van der Waals surface area contributed by atoms with E-state index in [1.807, 2.05) is 18.7 Å². The van der Waals surface area contributed by atoms with Gasteiger partial charge in [-0.2, -0.15) is 0 Å². The number of nitrogens with zero attached hydrogens (tertiary/aromatic N) is 2. The molecule has 2 fully saturated rings. The number of aromatic nitrogens is 2. The molecule has 3 unspecified atom stereocenters. The van der Waals surface area contributed by atoms with Crippen LogP contribution < -0.4 is 5.32 Å². The highest BCUT2D eigenvalue weighted by Gasteiger charge is 2.25. The Morgan fingerprint density at radius 2 is 2.08 bits per heavy atom. The van der Waals surface area contributed by atoms with Crippen molar-refractivity contribution in [2.24, 2.45) is 5.92 Å². The Labute approximate surface area is 148 Å². The van der Waals surface area contributed by atoms with E-state index in [9.17, 15) is 4.79 Å². The van der Waals surface area contributed by atoms with Crippen LogP contribution in [0.5, 0.6) is 0 Å². The molecule has 1 aromatic carbocycles. The van der Waals surface area contributed by atoms with Crippen molar-refractivity contribution in [3.63, 3.8) is 0 Å². The molecule has 5 nitrogen and oxygen atoms in total. The summed E-state index contributed by atoms with van der Waals surface area (Å²) >= 11 is 0. The Balaban J connectivity index is 1.35. The smallest absolute Gasteiger partial charge is 0.220 e. The molecule has 5 heteroatoms. The van der Waals surface area contributed by atoms with Gasteiger partial charge in [0.25, 0.3) is 0 Å². The van der Waals surface area contributed by atoms with Crippen molar-refractivity contribution in [2.45, 2.75) is 44.2 Å². The first kappa shape index (κ1) is 16.3. The number of carbonyl (C=O) groups excluding carboxylic acids is 1. The number of rotatable bonds is 5. The summed E-state index contributed by atoms with van der Waals surface area (Å²) in [6.45, 7) is 2.62. The molecular formula is C20H25N3O2. The van der Waals surface area contributed by atoms with Gasteiger partial charge in [0.05, 0.1) is 12.4 Å². The van der Waals surface area contributed by atoms with Gasteiger partial charge in [0.2, 0.25) is 5.91 Å². The quantitative estimate of drug-likeness (QED) is 0.911. The monoisotopic (exact) mass is 339 g/mol. The molecule has 1 amide bonds. The highest BCUT2D eigenvalue weighted by atomic mass is 16.5. The average Bonchev–Trinajstić information content (AvgIpc) is 3.32. The molecular weight excluding hydrogens is 314 g/mol. The van der Waals surface area contributed by atoms with Gasteiger partial charge in [-0.25, -0.2) is 4.98 Å². The number of aryl methyl sites for hydroxylation is 1. The third kappa shape index (κ3) is 3.93. The number of hydrogen-bond donors (Lipinski definition) is 1. The second kappa shape index (κ2) is 7.40. The number of imidazole rings is 1. The van der Waals surface area contributed by atoms with E-state index in [1.165, 1.54) is 17.5 Å². The van der Waals surface area contributed by atoms with E-state index in [4.69, 9.17) is 4.74 Å². The predicted molar refractivity (Wildman–Crippen MR) is 95.1 cm³/mol. The third-order valence-corrected chi connectivity index (χ3v) is 5.50. The van der Waals surface area contributed by atoms with Gasteiger partial charge < -0.3 is 14.6 Å². The summed E-state index contributed by atoms with van der Waals surface area (Å²) in [5.74, 6) is 1.17. The molecule has 25 heavy (non-hydrogen) atoms. The summed E-state index contributed by atoms with van der Waals surface area (Å²) in [5, 5.41) is 2.91. The molecule has 2 aromatic rings. The topological polar surface area (TPSA) is 56.2 Å². The number of benzene rings is 1. The summed E-state index contributed by atoms with van der Waals surface area (Å²) in [6.07, 6.45) is 9.94. The molecule has 2 aliphatic rings. The minimum Gasteiger partial charge on any atom is -0.374 e. The van der Waals surface area contributed by atoms with Gasteiger partial charge in [0.1, 0.15) is 0 Å². The van der Waals surface area contributed by atoms with Crippen molar-refractivity contribution in [1.82, 2.24) is 14.9 Å². The zero-order valence-corrected chi connectivity index (χ0v) is 14.4. The van der Waals surface area contributed by atoms with Crippen LogP contribution in [0.2, 0.25) is 0 Å². The van der Waals surface area contributed by atoms with Crippen LogP contribution in [0.4, 0.5) is 0 Å². The van der Waals surface area contributed by atoms with E-state index >= 15 is 0 Å². The van der Waals surface area contributed by atoms with Crippen molar-refractivity contribution in [2.75, 3.05) is 13.2 Å². The molecule has 3 heterocycles. The third-order valence-electron chi connectivity index (χ3n) is 5.50. The van der Waals surface area contributed by atoms with Gasteiger partial charge in [0, 0.05) is 44.4 Å². The van der Waals surface area contributed by atoms with Crippen molar-refractivity contribution < 1.29 is 9.53 Å². The summed E-state index contributed by atoms with van der Waals surface area (Å²) in [7, 11) is 0. The van der Waals surface area contributed by atoms with E-state index in [-0.39, 0.29) is 12.0 Å². The van der Waals surface area contributed by atoms with E-state index < -0.39 is 0 Å². The molecule has 0 radical (unpaired) electrons. The Kier molecular flexibility index (Phi) is 4.83. The maximum absolute atomic E-state index is 11.4. The summed E-state index contributed by atoms with van der Waals surface area (Å²) < 4.78 is 8.18. The van der Waals surface area contributed by atoms with Crippen LogP contribution in [0, 0.1) is 5.92 Å². The van der Waals surface area contributed by atoms with E-state index in [0.29, 0.717) is 18.3 Å². The minimum absolute atomic E-state index is 0.158. The maximum atomic E-state index is 11.4. The first-order chi connectivity index (χ1) is 12.3. The minimum atomic E-state index is 0.158. The number of ether oxygens (including phenoxy) is 1. The van der Waals surface area contributed by atoms with Crippen LogP contribution >= 0.6 is 0 Å². The lowest BCUT2D eigenvalue weighted by molar-refractivity contribution is -0.119. The van der Waals surface area contributed by atoms with Crippen molar-refractivity contribution >= 4 is 5.91 Å². The van der Waals surface area contributed by atoms with Gasteiger partial charge >= 0.3 is 0 Å². The van der Waals surface area contributed by atoms with Gasteiger partial charge in [-0.05, 0) is 36.3 Å². The number of carbonyl (C=O) groups is 1. The largest absolute Gasteiger partial charge is 0.374 e. The van der Waals surface area contributed by atoms with Crippen LogP contribution in [0.15, 0.2) is 43.0 Å². The van der Waals surface area contributed by atoms with Gasteiger partial charge in [-0.15, -0.1) is 0 Å². The molecule has 0 saturated carbocycles. The SMILES string of the molecule is O=C1CC(c2ccc(C3CC(CCn4ccnc4)CCO3)cc2)CN1. The zero-order valence-electron chi connectivity index (χ0n) is 14.4. The molecule has 4 rings (SSSR count). The average molecular weight is 339 g/mol.